The number of unbranched alkanes of at least 4 members (excludes halogenated alkanes) is 14. The summed E-state index contributed by atoms with van der Waals surface area (Å²) in [5.41, 5.74) is -1.45. The first-order chi connectivity index (χ1) is 15.9. The monoisotopic (exact) mass is 535 g/mol. The average Bonchev–Trinajstić information content (AvgIpc) is 2.77. The summed E-state index contributed by atoms with van der Waals surface area (Å²) in [5.74, 6) is -4.50. The van der Waals surface area contributed by atoms with Crippen LogP contribution in [0.2, 0.25) is 0 Å². The van der Waals surface area contributed by atoms with Crippen molar-refractivity contribution in [1.29, 1.82) is 0 Å². The standard InChI is InChI=1S/C26H41NO6.3Na.3H/c1-2-3-4-5-6-7-8-9-10-11-12-13-14-15-16-17-27-20-18-21(24(28)29)23(26(32)33)22(19-20)25(30)31;;;;;;/h18-19,27H,2-17H2,1H3,(H,28,29)(H,30,31)(H,32,33);;;;;;. The second-order valence-corrected chi connectivity index (χ2v) is 8.74. The fourth-order valence-electron chi connectivity index (χ4n) is 4.04. The summed E-state index contributed by atoms with van der Waals surface area (Å²) >= 11 is 0. The molecule has 192 valence electrons. The van der Waals surface area contributed by atoms with Gasteiger partial charge in [-0.2, -0.15) is 0 Å². The molecule has 0 unspecified atom stereocenters. The van der Waals surface area contributed by atoms with Crippen LogP contribution in [-0.4, -0.2) is 128 Å². The second-order valence-electron chi connectivity index (χ2n) is 8.74. The molecule has 0 heterocycles. The quantitative estimate of drug-likeness (QED) is 0.135. The minimum atomic E-state index is -1.57. The number of carboxylic acids is 3. The molecule has 0 aliphatic rings. The predicted molar refractivity (Wildman–Crippen MR) is 152 cm³/mol. The van der Waals surface area contributed by atoms with Crippen molar-refractivity contribution in [3.63, 3.8) is 0 Å². The minimum absolute atomic E-state index is 0. The Hall–Kier alpha value is 0.430. The topological polar surface area (TPSA) is 124 Å². The second kappa shape index (κ2) is 25.7. The van der Waals surface area contributed by atoms with Crippen molar-refractivity contribution in [2.24, 2.45) is 0 Å². The van der Waals surface area contributed by atoms with E-state index in [4.69, 9.17) is 0 Å². The number of carbonyl (C=O) groups is 3. The summed E-state index contributed by atoms with van der Waals surface area (Å²) in [6.07, 6.45) is 19.0. The first-order valence-corrected chi connectivity index (χ1v) is 12.5. The van der Waals surface area contributed by atoms with Gasteiger partial charge in [0.2, 0.25) is 0 Å². The van der Waals surface area contributed by atoms with Gasteiger partial charge in [-0.05, 0) is 18.6 Å². The Labute approximate surface area is 282 Å². The number of aromatic carboxylic acids is 3. The van der Waals surface area contributed by atoms with Gasteiger partial charge in [0.1, 0.15) is 0 Å². The van der Waals surface area contributed by atoms with E-state index in [0.717, 1.165) is 19.3 Å². The fraction of sp³-hybridized carbons (Fsp3) is 0.654. The van der Waals surface area contributed by atoms with Crippen LogP contribution in [0.5, 0.6) is 0 Å². The predicted octanol–water partition coefficient (Wildman–Crippen LogP) is 5.12. The molecule has 0 bridgehead atoms. The van der Waals surface area contributed by atoms with Crippen LogP contribution in [0.15, 0.2) is 12.1 Å². The average molecular weight is 536 g/mol. The Morgan fingerprint density at radius 3 is 1.22 bits per heavy atom. The zero-order valence-electron chi connectivity index (χ0n) is 20.0. The van der Waals surface area contributed by atoms with Crippen LogP contribution in [0.3, 0.4) is 0 Å². The van der Waals surface area contributed by atoms with E-state index in [1.165, 1.54) is 89.2 Å². The molecule has 0 aromatic heterocycles. The van der Waals surface area contributed by atoms with Gasteiger partial charge in [0.25, 0.3) is 0 Å². The summed E-state index contributed by atoms with van der Waals surface area (Å²) in [4.78, 5) is 34.1. The van der Waals surface area contributed by atoms with E-state index in [9.17, 15) is 29.7 Å². The van der Waals surface area contributed by atoms with Crippen molar-refractivity contribution in [2.45, 2.75) is 103 Å². The van der Waals surface area contributed by atoms with Gasteiger partial charge in [-0.15, -0.1) is 0 Å². The van der Waals surface area contributed by atoms with Gasteiger partial charge in [-0.25, -0.2) is 14.4 Å². The number of hydrogen-bond donors (Lipinski definition) is 4. The number of anilines is 1. The van der Waals surface area contributed by atoms with E-state index in [2.05, 4.69) is 12.2 Å². The molecule has 0 atom stereocenters. The molecule has 0 amide bonds. The van der Waals surface area contributed by atoms with Crippen LogP contribution < -0.4 is 5.32 Å². The molecule has 1 aromatic carbocycles. The summed E-state index contributed by atoms with van der Waals surface area (Å²) in [7, 11) is 0. The molecule has 1 rings (SSSR count). The van der Waals surface area contributed by atoms with Crippen LogP contribution in [0.1, 0.15) is 134 Å². The maximum absolute atomic E-state index is 11.4. The molecule has 36 heavy (non-hydrogen) atoms. The summed E-state index contributed by atoms with van der Waals surface area (Å²) in [5, 5.41) is 30.8. The molecule has 0 fully saturated rings. The van der Waals surface area contributed by atoms with E-state index < -0.39 is 34.6 Å². The Morgan fingerprint density at radius 2 is 0.917 bits per heavy atom. The van der Waals surface area contributed by atoms with E-state index in [1.54, 1.807) is 0 Å². The van der Waals surface area contributed by atoms with E-state index in [0.29, 0.717) is 12.2 Å². The van der Waals surface area contributed by atoms with Crippen LogP contribution in [-0.2, 0) is 0 Å². The Bertz CT molecular complexity index is 726. The molecule has 1 aromatic rings. The van der Waals surface area contributed by atoms with Crippen molar-refractivity contribution >= 4 is 112 Å². The molecular formula is C26H44NNa3O6. The van der Waals surface area contributed by atoms with Crippen molar-refractivity contribution in [2.75, 3.05) is 11.9 Å². The zero-order valence-corrected chi connectivity index (χ0v) is 20.0. The first-order valence-electron chi connectivity index (χ1n) is 12.5. The van der Waals surface area contributed by atoms with Crippen LogP contribution in [0, 0.1) is 0 Å². The number of rotatable bonds is 20. The number of carboxylic acid groups (broad SMARTS) is 3. The van der Waals surface area contributed by atoms with Crippen LogP contribution >= 0.6 is 0 Å². The summed E-state index contributed by atoms with van der Waals surface area (Å²) in [6, 6.07) is 2.37. The molecule has 0 spiro atoms. The third-order valence-corrected chi connectivity index (χ3v) is 5.92. The Kier molecular flexibility index (Phi) is 29.2. The SMILES string of the molecule is CCCCCCCCCCCCCCCCCNc1cc(C(=O)O)c(C(=O)O)c(C(=O)O)c1.[NaH].[NaH].[NaH]. The fourth-order valence-corrected chi connectivity index (χ4v) is 4.04. The van der Waals surface area contributed by atoms with Crippen LogP contribution in [0.25, 0.3) is 0 Å². The van der Waals surface area contributed by atoms with E-state index in [1.807, 2.05) is 0 Å². The van der Waals surface area contributed by atoms with Gasteiger partial charge in [0.05, 0.1) is 16.7 Å². The zero-order chi connectivity index (χ0) is 24.5. The first kappa shape index (κ1) is 40.9. The molecule has 0 saturated carbocycles. The summed E-state index contributed by atoms with van der Waals surface area (Å²) < 4.78 is 0. The number of nitrogens with one attached hydrogen (secondary N) is 1. The molecule has 7 nitrogen and oxygen atoms in total. The van der Waals surface area contributed by atoms with Gasteiger partial charge >= 0.3 is 107 Å². The Balaban J connectivity index is -0.00000363. The number of hydrogen-bond acceptors (Lipinski definition) is 4. The van der Waals surface area contributed by atoms with Crippen molar-refractivity contribution in [3.05, 3.63) is 28.8 Å². The van der Waals surface area contributed by atoms with Gasteiger partial charge < -0.3 is 20.6 Å². The van der Waals surface area contributed by atoms with Crippen LogP contribution in [0.4, 0.5) is 5.69 Å². The van der Waals surface area contributed by atoms with E-state index in [-0.39, 0.29) is 88.7 Å². The normalized spacial score (nSPS) is 9.92. The molecule has 10 heteroatoms. The van der Waals surface area contributed by atoms with Gasteiger partial charge in [0.15, 0.2) is 0 Å². The van der Waals surface area contributed by atoms with Crippen molar-refractivity contribution in [1.82, 2.24) is 0 Å². The van der Waals surface area contributed by atoms with Crippen molar-refractivity contribution in [3.8, 4) is 0 Å². The molecule has 0 saturated heterocycles. The molecule has 0 radical (unpaired) electrons. The van der Waals surface area contributed by atoms with Gasteiger partial charge in [-0.1, -0.05) is 96.8 Å². The molecule has 4 N–H and O–H groups in total. The third kappa shape index (κ3) is 17.8. The maximum atomic E-state index is 11.4. The van der Waals surface area contributed by atoms with Gasteiger partial charge in [-0.3, -0.25) is 0 Å². The molecular weight excluding hydrogens is 491 g/mol. The molecule has 0 aliphatic carbocycles. The number of benzene rings is 1. The Morgan fingerprint density at radius 1 is 0.583 bits per heavy atom. The summed E-state index contributed by atoms with van der Waals surface area (Å²) in [6.45, 7) is 2.82. The third-order valence-electron chi connectivity index (χ3n) is 5.92. The molecule has 0 aliphatic heterocycles. The van der Waals surface area contributed by atoms with E-state index >= 15 is 0 Å². The van der Waals surface area contributed by atoms with Gasteiger partial charge in [0, 0.05) is 12.2 Å². The van der Waals surface area contributed by atoms with Crippen molar-refractivity contribution < 1.29 is 29.7 Å².